The van der Waals surface area contributed by atoms with Gasteiger partial charge in [-0.25, -0.2) is 0 Å². The van der Waals surface area contributed by atoms with Gasteiger partial charge in [0, 0.05) is 22.1 Å². The molecule has 0 aliphatic heterocycles. The van der Waals surface area contributed by atoms with Gasteiger partial charge >= 0.3 is 0 Å². The molecule has 302 valence electrons. The highest BCUT2D eigenvalue weighted by molar-refractivity contribution is 7.86. The predicted molar refractivity (Wildman–Crippen MR) is 203 cm³/mol. The molecule has 0 aliphatic carbocycles. The summed E-state index contributed by atoms with van der Waals surface area (Å²) >= 11 is 0. The second-order valence-corrected chi connectivity index (χ2v) is 17.7. The van der Waals surface area contributed by atoms with E-state index < -0.39 is 106 Å². The molecule has 6 aromatic rings. The molecule has 0 spiro atoms. The van der Waals surface area contributed by atoms with Crippen molar-refractivity contribution in [2.45, 2.75) is 19.6 Å². The number of hydrogen-bond donors (Lipinski definition) is 10. The molecule has 0 heterocycles. The van der Waals surface area contributed by atoms with Crippen molar-refractivity contribution >= 4 is 96.1 Å². The molecule has 6 aromatic carbocycles. The van der Waals surface area contributed by atoms with E-state index in [1.807, 2.05) is 0 Å². The largest absolute Gasteiger partial charge is 0.506 e. The number of nitrogens with zero attached hydrogens (tertiary/aromatic N) is 4. The van der Waals surface area contributed by atoms with Gasteiger partial charge in [0.25, 0.3) is 40.5 Å². The van der Waals surface area contributed by atoms with E-state index in [0.29, 0.717) is 0 Å². The van der Waals surface area contributed by atoms with Gasteiger partial charge in [-0.05, 0) is 82.6 Å². The number of nitrogens with two attached hydrogens (primary N) is 2. The molecule has 12 N–H and O–H groups in total. The Bertz CT molecular complexity index is 3080. The molecule has 0 aromatic heterocycles. The molecule has 0 aliphatic rings. The van der Waals surface area contributed by atoms with Crippen molar-refractivity contribution in [3.05, 3.63) is 72.8 Å². The number of phenolic OH excluding ortho intramolecular Hbond substituents is 4. The summed E-state index contributed by atoms with van der Waals surface area (Å²) in [5, 5.41) is 56.9. The minimum atomic E-state index is -5.17. The summed E-state index contributed by atoms with van der Waals surface area (Å²) in [7, 11) is -20.0. The molecule has 22 nitrogen and oxygen atoms in total. The zero-order valence-electron chi connectivity index (χ0n) is 28.3. The summed E-state index contributed by atoms with van der Waals surface area (Å²) in [5.41, 5.74) is 8.99. The second kappa shape index (κ2) is 14.1. The number of hydrogen-bond acceptors (Lipinski definition) is 18. The molecule has 0 saturated carbocycles. The van der Waals surface area contributed by atoms with Crippen LogP contribution in [0.1, 0.15) is 0 Å². The fraction of sp³-hybridized carbons (Fsp3) is 0. The van der Waals surface area contributed by atoms with Crippen LogP contribution in [0.5, 0.6) is 23.0 Å². The average molecular weight is 877 g/mol. The Balaban J connectivity index is 1.34. The SMILES string of the molecule is Nc1cc(S(=O)(=O)O)cc2cc(S(=O)(=O)O)c(N=Nc3ccc(-c4ccc(N=Nc5c(S(=O)(=O)O)cc6cc(S(=O)(=O)O)cc(N)c6c5O)c(O)c4)cc3O)c(O)c12. The minimum Gasteiger partial charge on any atom is -0.506 e. The highest BCUT2D eigenvalue weighted by atomic mass is 32.2. The van der Waals surface area contributed by atoms with Crippen LogP contribution in [0, 0.1) is 0 Å². The van der Waals surface area contributed by atoms with Gasteiger partial charge in [-0.2, -0.15) is 33.7 Å². The number of phenols is 4. The van der Waals surface area contributed by atoms with Gasteiger partial charge in [-0.3, -0.25) is 18.2 Å². The van der Waals surface area contributed by atoms with Gasteiger partial charge in [-0.1, -0.05) is 12.1 Å². The van der Waals surface area contributed by atoms with Crippen molar-refractivity contribution in [3.63, 3.8) is 0 Å². The van der Waals surface area contributed by atoms with Crippen LogP contribution >= 0.6 is 0 Å². The van der Waals surface area contributed by atoms with Crippen LogP contribution in [-0.2, 0) is 40.5 Å². The van der Waals surface area contributed by atoms with Gasteiger partial charge in [0.1, 0.15) is 44.0 Å². The van der Waals surface area contributed by atoms with Crippen LogP contribution in [0.4, 0.5) is 34.1 Å². The van der Waals surface area contributed by atoms with Gasteiger partial charge in [0.05, 0.1) is 9.79 Å². The third kappa shape index (κ3) is 7.88. The molecular weight excluding hydrogens is 853 g/mol. The normalized spacial score (nSPS) is 13.0. The van der Waals surface area contributed by atoms with E-state index in [-0.39, 0.29) is 44.0 Å². The highest BCUT2D eigenvalue weighted by Gasteiger charge is 2.27. The zero-order chi connectivity index (χ0) is 42.9. The fourth-order valence-electron chi connectivity index (χ4n) is 5.65. The number of rotatable bonds is 9. The predicted octanol–water partition coefficient (Wildman–Crippen LogP) is 5.46. The van der Waals surface area contributed by atoms with Crippen molar-refractivity contribution in [3.8, 4) is 34.1 Å². The Morgan fingerprint density at radius 3 is 1.07 bits per heavy atom. The Labute approximate surface area is 325 Å². The maximum atomic E-state index is 12.2. The molecular formula is C32H24N6O16S4. The third-order valence-corrected chi connectivity index (χ3v) is 11.7. The smallest absolute Gasteiger partial charge is 0.296 e. The quantitative estimate of drug-likeness (QED) is 0.0489. The van der Waals surface area contributed by atoms with E-state index in [1.54, 1.807) is 0 Å². The first-order valence-corrected chi connectivity index (χ1v) is 21.1. The van der Waals surface area contributed by atoms with Crippen LogP contribution in [0.15, 0.2) is 113 Å². The average Bonchev–Trinajstić information content (AvgIpc) is 3.09. The molecule has 0 fully saturated rings. The van der Waals surface area contributed by atoms with Crippen LogP contribution in [0.3, 0.4) is 0 Å². The molecule has 58 heavy (non-hydrogen) atoms. The van der Waals surface area contributed by atoms with Gasteiger partial charge in [0.15, 0.2) is 11.5 Å². The zero-order valence-corrected chi connectivity index (χ0v) is 31.6. The van der Waals surface area contributed by atoms with E-state index in [9.17, 15) is 72.3 Å². The number of nitrogen functional groups attached to an aromatic ring is 2. The molecule has 0 bridgehead atoms. The maximum absolute atomic E-state index is 12.2. The molecule has 0 saturated heterocycles. The number of anilines is 2. The van der Waals surface area contributed by atoms with Crippen LogP contribution < -0.4 is 11.5 Å². The molecule has 26 heteroatoms. The number of aromatic hydroxyl groups is 4. The summed E-state index contributed by atoms with van der Waals surface area (Å²) in [5.74, 6) is -3.08. The van der Waals surface area contributed by atoms with Crippen LogP contribution in [-0.4, -0.2) is 72.3 Å². The van der Waals surface area contributed by atoms with E-state index >= 15 is 0 Å². The molecule has 0 unspecified atom stereocenters. The topological polar surface area (TPSA) is 400 Å². The number of fused-ring (bicyclic) bond motifs is 2. The van der Waals surface area contributed by atoms with Gasteiger partial charge < -0.3 is 31.9 Å². The lowest BCUT2D eigenvalue weighted by molar-refractivity contribution is 0.471. The van der Waals surface area contributed by atoms with E-state index in [0.717, 1.165) is 48.5 Å². The number of benzene rings is 6. The lowest BCUT2D eigenvalue weighted by Crippen LogP contribution is -2.02. The Hall–Kier alpha value is -6.52. The summed E-state index contributed by atoms with van der Waals surface area (Å²) in [4.78, 5) is -3.57. The Morgan fingerprint density at radius 2 is 0.776 bits per heavy atom. The third-order valence-electron chi connectivity index (χ3n) is 8.26. The molecule has 0 atom stereocenters. The maximum Gasteiger partial charge on any atom is 0.296 e. The van der Waals surface area contributed by atoms with Crippen molar-refractivity contribution < 1.29 is 72.3 Å². The van der Waals surface area contributed by atoms with E-state index in [2.05, 4.69) is 20.5 Å². The molecule has 6 rings (SSSR count). The summed E-state index contributed by atoms with van der Waals surface area (Å²) in [6, 6.07) is 11.9. The van der Waals surface area contributed by atoms with Crippen LogP contribution in [0.2, 0.25) is 0 Å². The van der Waals surface area contributed by atoms with Crippen LogP contribution in [0.25, 0.3) is 32.7 Å². The second-order valence-electron chi connectivity index (χ2n) is 12.1. The summed E-state index contributed by atoms with van der Waals surface area (Å²) < 4.78 is 134. The minimum absolute atomic E-state index is 0.227. The van der Waals surface area contributed by atoms with Gasteiger partial charge in [-0.15, -0.1) is 20.5 Å². The van der Waals surface area contributed by atoms with Crippen molar-refractivity contribution in [1.82, 2.24) is 0 Å². The van der Waals surface area contributed by atoms with Crippen molar-refractivity contribution in [2.24, 2.45) is 20.5 Å². The van der Waals surface area contributed by atoms with E-state index in [1.165, 1.54) is 24.3 Å². The first kappa shape index (κ1) is 41.1. The number of azo groups is 2. The summed E-state index contributed by atoms with van der Waals surface area (Å²) in [6.45, 7) is 0. The highest BCUT2D eigenvalue weighted by Crippen LogP contribution is 2.47. The van der Waals surface area contributed by atoms with Crippen molar-refractivity contribution in [2.75, 3.05) is 11.5 Å². The van der Waals surface area contributed by atoms with E-state index in [4.69, 9.17) is 11.5 Å². The van der Waals surface area contributed by atoms with Gasteiger partial charge in [0.2, 0.25) is 0 Å². The standard InChI is InChI=1S/C32H24N6O16S4/c33-19-11-17(55(43,44)45)5-15-9-25(57(49,50)51)29(31(41)27(15)19)37-35-21-3-1-13(7-23(21)39)14-2-4-22(24(40)8-14)36-38-30-26(58(52,53)54)10-16-6-18(56(46,47)48)12-20(34)28(16)32(30)42/h1-12,39-42H,33-34H2,(H,43,44,45)(H,46,47,48)(H,49,50,51)(H,52,53,54). The molecule has 0 amide bonds. The Morgan fingerprint density at radius 1 is 0.431 bits per heavy atom. The first-order chi connectivity index (χ1) is 26.8. The fourth-order valence-corrected chi connectivity index (χ4v) is 8.07. The first-order valence-electron chi connectivity index (χ1n) is 15.3. The monoisotopic (exact) mass is 876 g/mol. The summed E-state index contributed by atoms with van der Waals surface area (Å²) in [6.07, 6.45) is 0. The van der Waals surface area contributed by atoms with Crippen molar-refractivity contribution in [1.29, 1.82) is 0 Å². The molecule has 0 radical (unpaired) electrons. The lowest BCUT2D eigenvalue weighted by atomic mass is 10.0. The lowest BCUT2D eigenvalue weighted by Gasteiger charge is -2.12. The Kier molecular flexibility index (Phi) is 10.0.